The van der Waals surface area contributed by atoms with E-state index in [1.807, 2.05) is 36.6 Å². The first kappa shape index (κ1) is 8.24. The Balaban J connectivity index is 2.31. The van der Waals surface area contributed by atoms with Gasteiger partial charge in [-0.2, -0.15) is 0 Å². The van der Waals surface area contributed by atoms with Crippen molar-refractivity contribution in [2.24, 2.45) is 0 Å². The highest BCUT2D eigenvalue weighted by Crippen LogP contribution is 2.22. The van der Waals surface area contributed by atoms with Crippen LogP contribution in [0.3, 0.4) is 0 Å². The summed E-state index contributed by atoms with van der Waals surface area (Å²) in [4.78, 5) is 4.56. The molecule has 15 heavy (non-hydrogen) atoms. The Morgan fingerprint density at radius 1 is 1.07 bits per heavy atom. The van der Waals surface area contributed by atoms with Crippen molar-refractivity contribution in [3.05, 3.63) is 54.2 Å². The Labute approximate surface area is 88.0 Å². The molecule has 2 heteroatoms. The molecule has 0 amide bonds. The highest BCUT2D eigenvalue weighted by molar-refractivity contribution is 5.85. The van der Waals surface area contributed by atoms with Gasteiger partial charge < -0.3 is 5.32 Å². The molecule has 2 heterocycles. The van der Waals surface area contributed by atoms with Crippen LogP contribution in [0.5, 0.6) is 0 Å². The number of anilines is 1. The fourth-order valence-corrected chi connectivity index (χ4v) is 1.72. The minimum Gasteiger partial charge on any atom is -0.346 e. The molecule has 2 nitrogen and oxygen atoms in total. The zero-order chi connectivity index (χ0) is 10.1. The van der Waals surface area contributed by atoms with Crippen LogP contribution in [0.25, 0.3) is 17.0 Å². The van der Waals surface area contributed by atoms with E-state index in [1.54, 1.807) is 0 Å². The van der Waals surface area contributed by atoms with E-state index in [0.717, 1.165) is 16.9 Å². The first-order valence-electron chi connectivity index (χ1n) is 4.93. The fraction of sp³-hybridized carbons (Fsp3) is 0. The highest BCUT2D eigenvalue weighted by Gasteiger charge is 2.03. The molecule has 0 aliphatic carbocycles. The molecule has 0 saturated carbocycles. The number of allylic oxidation sites excluding steroid dienone is 2. The average Bonchev–Trinajstić information content (AvgIpc) is 2.50. The van der Waals surface area contributed by atoms with E-state index >= 15 is 0 Å². The zero-order valence-electron chi connectivity index (χ0n) is 8.14. The van der Waals surface area contributed by atoms with Gasteiger partial charge in [0.05, 0.1) is 5.52 Å². The zero-order valence-corrected chi connectivity index (χ0v) is 8.14. The van der Waals surface area contributed by atoms with Crippen LogP contribution in [0, 0.1) is 0 Å². The minimum absolute atomic E-state index is 0.915. The molecule has 0 saturated heterocycles. The van der Waals surface area contributed by atoms with Gasteiger partial charge in [0.25, 0.3) is 0 Å². The third-order valence-corrected chi connectivity index (χ3v) is 2.46. The summed E-state index contributed by atoms with van der Waals surface area (Å²) >= 11 is 0. The van der Waals surface area contributed by atoms with Gasteiger partial charge in [0, 0.05) is 17.1 Å². The molecule has 0 fully saturated rings. The Bertz CT molecular complexity index is 568. The molecule has 1 aromatic heterocycles. The van der Waals surface area contributed by atoms with Crippen molar-refractivity contribution in [3.63, 3.8) is 0 Å². The number of fused-ring (bicyclic) bond motifs is 2. The number of nitrogens with zero attached hydrogens (tertiary/aromatic N) is 1. The molecule has 3 rings (SSSR count). The Kier molecular flexibility index (Phi) is 1.78. The van der Waals surface area contributed by atoms with Crippen LogP contribution in [-0.4, -0.2) is 4.98 Å². The molecule has 1 aliphatic rings. The van der Waals surface area contributed by atoms with Gasteiger partial charge in [-0.3, -0.25) is 0 Å². The summed E-state index contributed by atoms with van der Waals surface area (Å²) in [5.41, 5.74) is 2.14. The summed E-state index contributed by atoms with van der Waals surface area (Å²) in [6.45, 7) is 0. The normalized spacial score (nSPS) is 13.3. The average molecular weight is 194 g/mol. The van der Waals surface area contributed by atoms with E-state index in [4.69, 9.17) is 0 Å². The number of para-hydroxylation sites is 1. The van der Waals surface area contributed by atoms with Crippen molar-refractivity contribution in [2.75, 3.05) is 5.32 Å². The van der Waals surface area contributed by atoms with Gasteiger partial charge in [-0.25, -0.2) is 4.98 Å². The summed E-state index contributed by atoms with van der Waals surface area (Å²) in [6, 6.07) is 10.3. The lowest BCUT2D eigenvalue weighted by Crippen LogP contribution is -1.94. The quantitative estimate of drug-likeness (QED) is 0.696. The largest absolute Gasteiger partial charge is 0.346 e. The smallest absolute Gasteiger partial charge is 0.137 e. The van der Waals surface area contributed by atoms with E-state index in [2.05, 4.69) is 28.5 Å². The molecule has 0 bridgehead atoms. The third kappa shape index (κ3) is 1.40. The number of hydrogen-bond donors (Lipinski definition) is 1. The molecule has 1 N–H and O–H groups in total. The van der Waals surface area contributed by atoms with Crippen molar-refractivity contribution in [2.45, 2.75) is 0 Å². The van der Waals surface area contributed by atoms with Gasteiger partial charge in [-0.1, -0.05) is 30.4 Å². The van der Waals surface area contributed by atoms with Crippen LogP contribution >= 0.6 is 0 Å². The van der Waals surface area contributed by atoms with Gasteiger partial charge in [-0.15, -0.1) is 0 Å². The lowest BCUT2D eigenvalue weighted by atomic mass is 10.1. The van der Waals surface area contributed by atoms with Crippen LogP contribution in [-0.2, 0) is 0 Å². The summed E-state index contributed by atoms with van der Waals surface area (Å²) in [6.07, 6.45) is 7.93. The summed E-state index contributed by atoms with van der Waals surface area (Å²) in [5, 5.41) is 4.33. The van der Waals surface area contributed by atoms with E-state index in [9.17, 15) is 0 Å². The molecule has 2 aromatic rings. The lowest BCUT2D eigenvalue weighted by Gasteiger charge is -2.05. The second-order valence-corrected chi connectivity index (χ2v) is 3.48. The molecular formula is C13H10N2. The van der Waals surface area contributed by atoms with Crippen molar-refractivity contribution in [3.8, 4) is 0 Å². The topological polar surface area (TPSA) is 24.9 Å². The summed E-state index contributed by atoms with van der Waals surface area (Å²) in [7, 11) is 0. The number of aromatic nitrogens is 1. The molecular weight excluding hydrogens is 184 g/mol. The van der Waals surface area contributed by atoms with Crippen LogP contribution in [0.4, 0.5) is 5.82 Å². The van der Waals surface area contributed by atoms with Gasteiger partial charge in [0.2, 0.25) is 0 Å². The van der Waals surface area contributed by atoms with E-state index < -0.39 is 0 Å². The lowest BCUT2D eigenvalue weighted by molar-refractivity contribution is 1.37. The predicted molar refractivity (Wildman–Crippen MR) is 63.5 cm³/mol. The van der Waals surface area contributed by atoms with Crippen LogP contribution in [0.1, 0.15) is 5.56 Å². The van der Waals surface area contributed by atoms with Gasteiger partial charge in [-0.05, 0) is 18.2 Å². The Hall–Kier alpha value is -2.09. The van der Waals surface area contributed by atoms with Crippen molar-refractivity contribution >= 4 is 22.8 Å². The summed E-state index contributed by atoms with van der Waals surface area (Å²) < 4.78 is 0. The number of rotatable bonds is 0. The monoisotopic (exact) mass is 194 g/mol. The van der Waals surface area contributed by atoms with Crippen molar-refractivity contribution in [1.29, 1.82) is 0 Å². The summed E-state index contributed by atoms with van der Waals surface area (Å²) in [5.74, 6) is 0.915. The highest BCUT2D eigenvalue weighted by atomic mass is 15.0. The van der Waals surface area contributed by atoms with Gasteiger partial charge >= 0.3 is 0 Å². The molecule has 0 spiro atoms. The van der Waals surface area contributed by atoms with E-state index in [1.165, 1.54) is 5.39 Å². The van der Waals surface area contributed by atoms with E-state index in [0.29, 0.717) is 0 Å². The van der Waals surface area contributed by atoms with Crippen molar-refractivity contribution < 1.29 is 0 Å². The Morgan fingerprint density at radius 2 is 2.00 bits per heavy atom. The van der Waals surface area contributed by atoms with Crippen LogP contribution < -0.4 is 5.32 Å². The minimum atomic E-state index is 0.915. The van der Waals surface area contributed by atoms with Crippen LogP contribution in [0.15, 0.2) is 48.7 Å². The molecule has 0 radical (unpaired) electrons. The molecule has 1 aromatic carbocycles. The maximum atomic E-state index is 4.56. The van der Waals surface area contributed by atoms with Crippen molar-refractivity contribution in [1.82, 2.24) is 4.98 Å². The fourth-order valence-electron chi connectivity index (χ4n) is 1.72. The standard InChI is InChI=1S/C13H10N2/c1-2-7-12-10(5-1)9-11-6-3-4-8-14-13(11)15-12/h1-9H,(H,14,15). The first-order valence-corrected chi connectivity index (χ1v) is 4.93. The molecule has 72 valence electrons. The second-order valence-electron chi connectivity index (χ2n) is 3.48. The van der Waals surface area contributed by atoms with E-state index in [-0.39, 0.29) is 0 Å². The molecule has 0 unspecified atom stereocenters. The van der Waals surface area contributed by atoms with Gasteiger partial charge in [0.1, 0.15) is 5.82 Å². The SMILES string of the molecule is C1=CNc2nc3ccccc3cc2C=C1. The number of benzene rings is 1. The number of pyridine rings is 1. The second kappa shape index (κ2) is 3.24. The molecule has 1 aliphatic heterocycles. The number of hydrogen-bond acceptors (Lipinski definition) is 2. The first-order chi connectivity index (χ1) is 7.43. The predicted octanol–water partition coefficient (Wildman–Crippen LogP) is 3.19. The Morgan fingerprint density at radius 3 is 3.00 bits per heavy atom. The maximum Gasteiger partial charge on any atom is 0.137 e. The maximum absolute atomic E-state index is 4.56. The van der Waals surface area contributed by atoms with Gasteiger partial charge in [0.15, 0.2) is 0 Å². The third-order valence-electron chi connectivity index (χ3n) is 2.46. The van der Waals surface area contributed by atoms with Crippen LogP contribution in [0.2, 0.25) is 0 Å². The molecule has 0 atom stereocenters. The number of nitrogens with one attached hydrogen (secondary N) is 1.